The van der Waals surface area contributed by atoms with Crippen LogP contribution in [0.3, 0.4) is 0 Å². The molecule has 1 saturated carbocycles. The highest BCUT2D eigenvalue weighted by Crippen LogP contribution is 2.40. The number of pyridine rings is 1. The minimum absolute atomic E-state index is 0.0552. The first-order valence-electron chi connectivity index (χ1n) is 12.3. The highest BCUT2D eigenvalue weighted by atomic mass is 35.5. The molecule has 3 aromatic rings. The molecule has 0 unspecified atom stereocenters. The molecule has 0 aromatic carbocycles. The molecule has 0 spiro atoms. The number of rotatable bonds is 6. The number of anilines is 1. The molecule has 0 bridgehead atoms. The van der Waals surface area contributed by atoms with Gasteiger partial charge in [-0.05, 0) is 49.5 Å². The molecule has 1 saturated heterocycles. The first kappa shape index (κ1) is 24.5. The Labute approximate surface area is 211 Å². The monoisotopic (exact) mass is 515 g/mol. The van der Waals surface area contributed by atoms with E-state index in [1.54, 1.807) is 23.0 Å². The van der Waals surface area contributed by atoms with Gasteiger partial charge in [-0.15, -0.1) is 0 Å². The predicted molar refractivity (Wildman–Crippen MR) is 141 cm³/mol. The van der Waals surface area contributed by atoms with Gasteiger partial charge in [-0.2, -0.15) is 5.10 Å². The molecule has 3 aromatic heterocycles. The van der Waals surface area contributed by atoms with E-state index in [0.29, 0.717) is 41.2 Å². The Kier molecular flexibility index (Phi) is 6.32. The lowest BCUT2D eigenvalue weighted by molar-refractivity contribution is -0.00702. The van der Waals surface area contributed by atoms with E-state index < -0.39 is 8.32 Å². The second-order valence-corrected chi connectivity index (χ2v) is 16.4. The fraction of sp³-hybridized carbons (Fsp3) is 0.560. The van der Waals surface area contributed by atoms with Gasteiger partial charge in [0.2, 0.25) is 0 Å². The average molecular weight is 516 g/mol. The van der Waals surface area contributed by atoms with Crippen LogP contribution in [0.5, 0.6) is 0 Å². The van der Waals surface area contributed by atoms with E-state index in [9.17, 15) is 4.79 Å². The van der Waals surface area contributed by atoms with E-state index in [4.69, 9.17) is 25.9 Å². The largest absolute Gasteiger partial charge is 0.409 e. The molecule has 2 aliphatic rings. The number of H-pyrrole nitrogens is 1. The Hall–Kier alpha value is -2.20. The van der Waals surface area contributed by atoms with Crippen LogP contribution in [0.25, 0.3) is 16.8 Å². The van der Waals surface area contributed by atoms with Crippen molar-refractivity contribution in [2.75, 3.05) is 18.5 Å². The molecular weight excluding hydrogens is 482 g/mol. The minimum atomic E-state index is -1.96. The second kappa shape index (κ2) is 9.03. The normalized spacial score (nSPS) is 21.4. The summed E-state index contributed by atoms with van der Waals surface area (Å²) in [5.41, 5.74) is 2.79. The lowest BCUT2D eigenvalue weighted by atomic mass is 10.1. The van der Waals surface area contributed by atoms with E-state index in [2.05, 4.69) is 49.1 Å². The Morgan fingerprint density at radius 2 is 2.03 bits per heavy atom. The zero-order chi connectivity index (χ0) is 25.0. The standard InChI is InChI=1S/C25H34ClN5O3Si/c1-25(2,3)35(4,5)34-22-14-33-9-8-18(22)29-23-10-16(17(26)12-27-23)19-11-20-24(32)28-13-21(15-6-7-15)31(20)30-19/h10-13,15,18,22H,6-9,14H2,1-5H3,(H,27,29)(H,28,32)/t18-,22-/m1/s1. The summed E-state index contributed by atoms with van der Waals surface area (Å²) >= 11 is 6.56. The summed E-state index contributed by atoms with van der Waals surface area (Å²) in [7, 11) is -1.96. The lowest BCUT2D eigenvalue weighted by Gasteiger charge is -2.43. The molecule has 1 aliphatic carbocycles. The Morgan fingerprint density at radius 3 is 2.74 bits per heavy atom. The van der Waals surface area contributed by atoms with Gasteiger partial charge in [0.05, 0.1) is 35.2 Å². The van der Waals surface area contributed by atoms with Crippen LogP contribution < -0.4 is 10.9 Å². The molecule has 10 heteroatoms. The van der Waals surface area contributed by atoms with E-state index in [-0.39, 0.29) is 22.7 Å². The Morgan fingerprint density at radius 1 is 1.26 bits per heavy atom. The number of fused-ring (bicyclic) bond motifs is 1. The molecule has 188 valence electrons. The van der Waals surface area contributed by atoms with Gasteiger partial charge in [0.1, 0.15) is 11.3 Å². The number of ether oxygens (including phenoxy) is 1. The van der Waals surface area contributed by atoms with E-state index in [1.165, 1.54) is 0 Å². The molecule has 5 rings (SSSR count). The Balaban J connectivity index is 1.43. The average Bonchev–Trinajstić information content (AvgIpc) is 3.53. The van der Waals surface area contributed by atoms with Crippen LogP contribution in [-0.4, -0.2) is 53.3 Å². The quantitative estimate of drug-likeness (QED) is 0.438. The fourth-order valence-corrected chi connectivity index (χ4v) is 5.81. The summed E-state index contributed by atoms with van der Waals surface area (Å²) in [5, 5.41) is 8.94. The van der Waals surface area contributed by atoms with Gasteiger partial charge in [-0.1, -0.05) is 32.4 Å². The van der Waals surface area contributed by atoms with Gasteiger partial charge in [-0.25, -0.2) is 9.50 Å². The number of nitrogens with zero attached hydrogens (tertiary/aromatic N) is 3. The van der Waals surface area contributed by atoms with Gasteiger partial charge in [0.25, 0.3) is 5.56 Å². The third-order valence-electron chi connectivity index (χ3n) is 7.55. The van der Waals surface area contributed by atoms with Gasteiger partial charge in [-0.3, -0.25) is 4.79 Å². The predicted octanol–water partition coefficient (Wildman–Crippen LogP) is 5.21. The van der Waals surface area contributed by atoms with Crippen LogP contribution in [0.1, 0.15) is 51.6 Å². The first-order valence-corrected chi connectivity index (χ1v) is 15.6. The molecular formula is C25H34ClN5O3Si. The number of hydrogen-bond donors (Lipinski definition) is 2. The van der Waals surface area contributed by atoms with E-state index in [1.807, 2.05) is 6.07 Å². The van der Waals surface area contributed by atoms with Crippen molar-refractivity contribution >= 4 is 31.3 Å². The molecule has 0 amide bonds. The summed E-state index contributed by atoms with van der Waals surface area (Å²) in [5.74, 6) is 1.15. The van der Waals surface area contributed by atoms with Crippen molar-refractivity contribution in [1.29, 1.82) is 0 Å². The number of nitrogens with one attached hydrogen (secondary N) is 2. The van der Waals surface area contributed by atoms with Crippen molar-refractivity contribution in [3.05, 3.63) is 45.6 Å². The molecule has 2 fully saturated rings. The molecule has 8 nitrogen and oxygen atoms in total. The van der Waals surface area contributed by atoms with Crippen molar-refractivity contribution in [3.8, 4) is 11.3 Å². The second-order valence-electron chi connectivity index (χ2n) is 11.2. The van der Waals surface area contributed by atoms with Crippen LogP contribution >= 0.6 is 11.6 Å². The Bertz CT molecular complexity index is 1290. The van der Waals surface area contributed by atoms with Gasteiger partial charge in [0.15, 0.2) is 8.32 Å². The summed E-state index contributed by atoms with van der Waals surface area (Å²) in [6.45, 7) is 12.5. The molecule has 2 atom stereocenters. The maximum absolute atomic E-state index is 12.5. The fourth-order valence-electron chi connectivity index (χ4n) is 4.27. The SMILES string of the molecule is CC(C)(C)[Si](C)(C)O[C@@H]1COCC[C@H]1Nc1cc(-c2cc3c(=O)[nH]cc(C4CC4)n3n2)c(Cl)cn1. The summed E-state index contributed by atoms with van der Waals surface area (Å²) < 4.78 is 14.2. The van der Waals surface area contributed by atoms with Gasteiger partial charge >= 0.3 is 0 Å². The topological polar surface area (TPSA) is 93.5 Å². The summed E-state index contributed by atoms with van der Waals surface area (Å²) in [4.78, 5) is 19.8. The summed E-state index contributed by atoms with van der Waals surface area (Å²) in [6.07, 6.45) is 6.41. The molecule has 35 heavy (non-hydrogen) atoms. The highest BCUT2D eigenvalue weighted by Gasteiger charge is 2.41. The van der Waals surface area contributed by atoms with Crippen molar-refractivity contribution in [2.45, 2.75) is 76.2 Å². The number of halogens is 1. The van der Waals surface area contributed by atoms with Crippen molar-refractivity contribution in [3.63, 3.8) is 0 Å². The molecule has 0 radical (unpaired) electrons. The third kappa shape index (κ3) is 4.91. The number of aromatic amines is 1. The maximum atomic E-state index is 12.5. The van der Waals surface area contributed by atoms with E-state index in [0.717, 1.165) is 30.5 Å². The first-order chi connectivity index (χ1) is 16.5. The zero-order valence-electron chi connectivity index (χ0n) is 21.0. The van der Waals surface area contributed by atoms with Gasteiger partial charge in [0, 0.05) is 30.5 Å². The van der Waals surface area contributed by atoms with Gasteiger partial charge < -0.3 is 19.5 Å². The minimum Gasteiger partial charge on any atom is -0.409 e. The molecule has 1 aliphatic heterocycles. The van der Waals surface area contributed by atoms with Crippen LogP contribution in [0.2, 0.25) is 23.2 Å². The smallest absolute Gasteiger partial charge is 0.274 e. The molecule has 4 heterocycles. The highest BCUT2D eigenvalue weighted by molar-refractivity contribution is 6.74. The van der Waals surface area contributed by atoms with Crippen molar-refractivity contribution in [2.24, 2.45) is 0 Å². The summed E-state index contributed by atoms with van der Waals surface area (Å²) in [6, 6.07) is 3.78. The van der Waals surface area contributed by atoms with Crippen LogP contribution in [0.4, 0.5) is 5.82 Å². The third-order valence-corrected chi connectivity index (χ3v) is 12.4. The van der Waals surface area contributed by atoms with Crippen LogP contribution in [0, 0.1) is 0 Å². The zero-order valence-corrected chi connectivity index (χ0v) is 22.8. The number of hydrogen-bond acceptors (Lipinski definition) is 6. The molecule has 2 N–H and O–H groups in total. The van der Waals surface area contributed by atoms with Crippen molar-refractivity contribution in [1.82, 2.24) is 19.6 Å². The maximum Gasteiger partial charge on any atom is 0.274 e. The lowest BCUT2D eigenvalue weighted by Crippen LogP contribution is -2.52. The van der Waals surface area contributed by atoms with Crippen LogP contribution in [-0.2, 0) is 9.16 Å². The van der Waals surface area contributed by atoms with Crippen LogP contribution in [0.15, 0.2) is 29.3 Å². The van der Waals surface area contributed by atoms with E-state index >= 15 is 0 Å². The number of aromatic nitrogens is 4. The van der Waals surface area contributed by atoms with Crippen molar-refractivity contribution < 1.29 is 9.16 Å².